The Morgan fingerprint density at radius 3 is 2.47 bits per heavy atom. The molecule has 0 bridgehead atoms. The van der Waals surface area contributed by atoms with Gasteiger partial charge in [0.25, 0.3) is 0 Å². The Hall–Kier alpha value is -4.12. The van der Waals surface area contributed by atoms with Gasteiger partial charge in [-0.25, -0.2) is 4.39 Å². The van der Waals surface area contributed by atoms with Crippen molar-refractivity contribution < 1.29 is 13.9 Å². The van der Waals surface area contributed by atoms with E-state index < -0.39 is 5.91 Å². The topological polar surface area (TPSA) is 57.2 Å². The standard InChI is InChI=1S/C27H20FN2O2/c28-20-11-14-22-25(15-20)30(24-8-4-7-23(26(22)24)27(29)31)16-18-9-12-21(13-10-18)32-17-19-5-2-1-3-6-19/h1-13,15H,16-17H2,(H2,29,31). The summed E-state index contributed by atoms with van der Waals surface area (Å²) in [6, 6.07) is 28.9. The van der Waals surface area contributed by atoms with Crippen molar-refractivity contribution in [1.29, 1.82) is 0 Å². The van der Waals surface area contributed by atoms with Crippen LogP contribution in [0.25, 0.3) is 21.8 Å². The van der Waals surface area contributed by atoms with Crippen molar-refractivity contribution >= 4 is 27.7 Å². The summed E-state index contributed by atoms with van der Waals surface area (Å²) >= 11 is 0. The van der Waals surface area contributed by atoms with Crippen molar-refractivity contribution in [2.75, 3.05) is 0 Å². The van der Waals surface area contributed by atoms with Gasteiger partial charge in [-0.2, -0.15) is 0 Å². The zero-order chi connectivity index (χ0) is 22.1. The van der Waals surface area contributed by atoms with Gasteiger partial charge in [0.15, 0.2) is 0 Å². The van der Waals surface area contributed by atoms with Crippen LogP contribution >= 0.6 is 0 Å². The number of ether oxygens (including phenoxy) is 1. The third-order valence-electron chi connectivity index (χ3n) is 5.54. The Morgan fingerprint density at radius 2 is 1.72 bits per heavy atom. The minimum absolute atomic E-state index is 0.383. The lowest BCUT2D eigenvalue weighted by Crippen LogP contribution is -2.11. The number of amides is 1. The summed E-state index contributed by atoms with van der Waals surface area (Å²) in [6.07, 6.45) is 0. The van der Waals surface area contributed by atoms with Gasteiger partial charge in [0.1, 0.15) is 18.2 Å². The van der Waals surface area contributed by atoms with Gasteiger partial charge in [-0.3, -0.25) is 4.79 Å². The van der Waals surface area contributed by atoms with Gasteiger partial charge in [0.2, 0.25) is 5.91 Å². The van der Waals surface area contributed by atoms with Crippen LogP contribution in [0.5, 0.6) is 5.75 Å². The summed E-state index contributed by atoms with van der Waals surface area (Å²) in [4.78, 5) is 12.0. The number of hydrogen-bond acceptors (Lipinski definition) is 2. The van der Waals surface area contributed by atoms with E-state index in [1.807, 2.05) is 65.2 Å². The van der Waals surface area contributed by atoms with Gasteiger partial charge in [-0.15, -0.1) is 0 Å². The van der Waals surface area contributed by atoms with Gasteiger partial charge in [0, 0.05) is 22.9 Å². The summed E-state index contributed by atoms with van der Waals surface area (Å²) < 4.78 is 21.9. The second-order valence-corrected chi connectivity index (χ2v) is 7.65. The molecule has 4 nitrogen and oxygen atoms in total. The van der Waals surface area contributed by atoms with Crippen LogP contribution in [0.2, 0.25) is 0 Å². The lowest BCUT2D eigenvalue weighted by Gasteiger charge is -2.10. The molecule has 1 heterocycles. The zero-order valence-corrected chi connectivity index (χ0v) is 17.2. The first-order valence-electron chi connectivity index (χ1n) is 10.3. The van der Waals surface area contributed by atoms with E-state index in [9.17, 15) is 9.18 Å². The van der Waals surface area contributed by atoms with Gasteiger partial charge in [0.05, 0.1) is 11.0 Å². The first kappa shape index (κ1) is 19.8. The largest absolute Gasteiger partial charge is 0.489 e. The molecule has 32 heavy (non-hydrogen) atoms. The van der Waals surface area contributed by atoms with E-state index in [4.69, 9.17) is 10.5 Å². The summed E-state index contributed by atoms with van der Waals surface area (Å²) in [6.45, 7) is 0.997. The molecule has 157 valence electrons. The first-order valence-corrected chi connectivity index (χ1v) is 10.3. The molecule has 0 saturated carbocycles. The Bertz CT molecular complexity index is 1420. The van der Waals surface area contributed by atoms with E-state index in [1.165, 1.54) is 12.1 Å². The molecular weight excluding hydrogens is 403 g/mol. The summed E-state index contributed by atoms with van der Waals surface area (Å²) in [7, 11) is 0. The van der Waals surface area contributed by atoms with Crippen molar-refractivity contribution in [3.8, 4) is 5.75 Å². The zero-order valence-electron chi connectivity index (χ0n) is 17.2. The maximum Gasteiger partial charge on any atom is 0.249 e. The molecule has 0 aliphatic rings. The number of nitrogens with zero attached hydrogens (tertiary/aromatic N) is 1. The third-order valence-corrected chi connectivity index (χ3v) is 5.54. The van der Waals surface area contributed by atoms with Crippen LogP contribution in [0.1, 0.15) is 21.5 Å². The second kappa shape index (κ2) is 8.19. The molecule has 0 aliphatic carbocycles. The molecule has 0 atom stereocenters. The van der Waals surface area contributed by atoms with Crippen LogP contribution < -0.4 is 10.5 Å². The number of carbonyl (C=O) groups excluding carboxylic acids is 1. The number of rotatable bonds is 6. The maximum absolute atomic E-state index is 14.1. The summed E-state index contributed by atoms with van der Waals surface area (Å²) in [5.74, 6) is -0.130. The van der Waals surface area contributed by atoms with E-state index in [0.717, 1.165) is 22.4 Å². The molecule has 0 fully saturated rings. The number of aromatic nitrogens is 1. The Morgan fingerprint density at radius 1 is 0.938 bits per heavy atom. The highest BCUT2D eigenvalue weighted by Gasteiger charge is 2.17. The fraction of sp³-hybridized carbons (Fsp3) is 0.0741. The van der Waals surface area contributed by atoms with Crippen molar-refractivity contribution in [2.45, 2.75) is 13.2 Å². The van der Waals surface area contributed by atoms with E-state index in [-0.39, 0.29) is 5.82 Å². The highest BCUT2D eigenvalue weighted by atomic mass is 19.1. The van der Waals surface area contributed by atoms with E-state index in [2.05, 4.69) is 6.07 Å². The maximum atomic E-state index is 14.1. The quantitative estimate of drug-likeness (QED) is 0.394. The predicted molar refractivity (Wildman–Crippen MR) is 123 cm³/mol. The van der Waals surface area contributed by atoms with Crippen LogP contribution in [0.4, 0.5) is 4.39 Å². The van der Waals surface area contributed by atoms with Crippen molar-refractivity contribution in [3.05, 3.63) is 114 Å². The van der Waals surface area contributed by atoms with Crippen LogP contribution in [-0.4, -0.2) is 10.5 Å². The molecule has 4 aromatic carbocycles. The Balaban J connectivity index is 1.49. The van der Waals surface area contributed by atoms with Gasteiger partial charge in [-0.1, -0.05) is 48.5 Å². The number of carbonyl (C=O) groups is 1. The second-order valence-electron chi connectivity index (χ2n) is 7.65. The van der Waals surface area contributed by atoms with Crippen LogP contribution in [0.3, 0.4) is 0 Å². The molecule has 0 saturated heterocycles. The SMILES string of the molecule is NC(=O)c1cccc2c1c1[c]cc(F)cc1n2Cc1ccc(OCc2ccccc2)cc1. The molecule has 5 rings (SSSR count). The van der Waals surface area contributed by atoms with Gasteiger partial charge < -0.3 is 15.0 Å². The number of hydrogen-bond donors (Lipinski definition) is 1. The molecule has 1 radical (unpaired) electrons. The van der Waals surface area contributed by atoms with Crippen LogP contribution in [0, 0.1) is 11.9 Å². The highest BCUT2D eigenvalue weighted by molar-refractivity contribution is 6.17. The minimum Gasteiger partial charge on any atom is -0.489 e. The van der Waals surface area contributed by atoms with Gasteiger partial charge >= 0.3 is 0 Å². The highest BCUT2D eigenvalue weighted by Crippen LogP contribution is 2.32. The molecule has 1 amide bonds. The number of halogens is 1. The van der Waals surface area contributed by atoms with E-state index in [0.29, 0.717) is 35.0 Å². The molecule has 0 aliphatic heterocycles. The average molecular weight is 423 g/mol. The monoisotopic (exact) mass is 423 g/mol. The van der Waals surface area contributed by atoms with Crippen LogP contribution in [-0.2, 0) is 13.2 Å². The number of nitrogens with two attached hydrogens (primary N) is 1. The lowest BCUT2D eigenvalue weighted by molar-refractivity contribution is 0.100. The molecule has 2 N–H and O–H groups in total. The normalized spacial score (nSPS) is 11.2. The minimum atomic E-state index is -0.521. The molecule has 5 heteroatoms. The van der Waals surface area contributed by atoms with Crippen molar-refractivity contribution in [3.63, 3.8) is 0 Å². The number of primary amides is 1. The fourth-order valence-electron chi connectivity index (χ4n) is 4.02. The third kappa shape index (κ3) is 3.69. The van der Waals surface area contributed by atoms with E-state index >= 15 is 0 Å². The van der Waals surface area contributed by atoms with E-state index in [1.54, 1.807) is 12.1 Å². The lowest BCUT2D eigenvalue weighted by atomic mass is 10.1. The molecule has 0 spiro atoms. The Labute approximate surface area is 184 Å². The molecule has 0 unspecified atom stereocenters. The smallest absolute Gasteiger partial charge is 0.249 e. The van der Waals surface area contributed by atoms with Crippen molar-refractivity contribution in [1.82, 2.24) is 4.57 Å². The Kier molecular flexibility index (Phi) is 5.07. The summed E-state index contributed by atoms with van der Waals surface area (Å²) in [5.41, 5.74) is 9.59. The number of benzene rings is 4. The molecule has 5 aromatic rings. The first-order chi connectivity index (χ1) is 15.6. The van der Waals surface area contributed by atoms with Crippen LogP contribution in [0.15, 0.2) is 84.9 Å². The summed E-state index contributed by atoms with van der Waals surface area (Å²) in [5, 5.41) is 1.37. The number of fused-ring (bicyclic) bond motifs is 3. The molecular formula is C27H20FN2O2. The van der Waals surface area contributed by atoms with Gasteiger partial charge in [-0.05, 0) is 53.6 Å². The average Bonchev–Trinajstić information content (AvgIpc) is 3.12. The predicted octanol–water partition coefficient (Wildman–Crippen LogP) is 5.46. The fourth-order valence-corrected chi connectivity index (χ4v) is 4.02. The van der Waals surface area contributed by atoms with Crippen molar-refractivity contribution in [2.24, 2.45) is 5.73 Å². The molecule has 1 aromatic heterocycles.